The lowest BCUT2D eigenvalue weighted by molar-refractivity contribution is 0.0817. The predicted molar refractivity (Wildman–Crippen MR) is 115 cm³/mol. The Morgan fingerprint density at radius 3 is 2.80 bits per heavy atom. The number of hydrogen-bond acceptors (Lipinski definition) is 5. The molecule has 0 spiro atoms. The van der Waals surface area contributed by atoms with E-state index in [0.717, 1.165) is 11.4 Å². The summed E-state index contributed by atoms with van der Waals surface area (Å²) in [6, 6.07) is 10.8. The van der Waals surface area contributed by atoms with Gasteiger partial charge in [-0.2, -0.15) is 0 Å². The number of amides is 1. The van der Waals surface area contributed by atoms with E-state index in [-0.39, 0.29) is 5.91 Å². The minimum Gasteiger partial charge on any atom is -0.493 e. The summed E-state index contributed by atoms with van der Waals surface area (Å²) in [6.07, 6.45) is 2.02. The number of anilines is 2. The van der Waals surface area contributed by atoms with Gasteiger partial charge in [0.15, 0.2) is 5.75 Å². The molecule has 0 saturated carbocycles. The highest BCUT2D eigenvalue weighted by molar-refractivity contribution is 6.32. The fraction of sp³-hybridized carbons (Fsp3) is 0.182. The third kappa shape index (κ3) is 3.65. The molecule has 0 unspecified atom stereocenters. The van der Waals surface area contributed by atoms with Crippen LogP contribution in [0.3, 0.4) is 0 Å². The first-order valence-electron chi connectivity index (χ1n) is 9.20. The van der Waals surface area contributed by atoms with Crippen molar-refractivity contribution in [3.8, 4) is 5.75 Å². The molecule has 0 aliphatic carbocycles. The number of benzene rings is 1. The first-order chi connectivity index (χ1) is 14.5. The third-order valence-electron chi connectivity index (χ3n) is 4.84. The van der Waals surface area contributed by atoms with Gasteiger partial charge in [-0.25, -0.2) is 4.85 Å². The second-order valence-electron chi connectivity index (χ2n) is 6.89. The Kier molecular flexibility index (Phi) is 5.25. The van der Waals surface area contributed by atoms with E-state index in [4.69, 9.17) is 27.9 Å². The van der Waals surface area contributed by atoms with Crippen LogP contribution in [0.25, 0.3) is 4.85 Å². The number of carbonyl (C=O) groups is 1. The van der Waals surface area contributed by atoms with Gasteiger partial charge >= 0.3 is 0 Å². The van der Waals surface area contributed by atoms with Gasteiger partial charge in [0.05, 0.1) is 47.9 Å². The lowest BCUT2D eigenvalue weighted by Gasteiger charge is -2.15. The lowest BCUT2D eigenvalue weighted by atomic mass is 10.1. The standard InChI is InChI=1S/C22H18ClN5O2/c1-24-14-8-7-13(25-11-14)9-15-10-18(20-19(26-15)12-28(2)22(20)29)27-17-6-4-5-16(23)21(17)30-3/h4-8,10-11H,9,12H2,2-3H3,(H,26,27). The molecule has 8 heteroatoms. The van der Waals surface area contributed by atoms with E-state index in [2.05, 4.69) is 15.1 Å². The van der Waals surface area contributed by atoms with Gasteiger partial charge < -0.3 is 15.0 Å². The quantitative estimate of drug-likeness (QED) is 0.611. The van der Waals surface area contributed by atoms with Gasteiger partial charge in [0.1, 0.15) is 0 Å². The number of rotatable bonds is 5. The molecular formula is C22H18ClN5O2. The van der Waals surface area contributed by atoms with Gasteiger partial charge in [-0.05, 0) is 18.2 Å². The fourth-order valence-corrected chi connectivity index (χ4v) is 3.67. The Morgan fingerprint density at radius 1 is 1.27 bits per heavy atom. The van der Waals surface area contributed by atoms with E-state index >= 15 is 0 Å². The van der Waals surface area contributed by atoms with E-state index in [0.29, 0.717) is 52.1 Å². The molecule has 0 saturated heterocycles. The molecule has 3 heterocycles. The number of hydrogen-bond donors (Lipinski definition) is 1. The van der Waals surface area contributed by atoms with E-state index in [1.54, 1.807) is 37.4 Å². The number of aromatic nitrogens is 2. The average Bonchev–Trinajstić information content (AvgIpc) is 3.02. The minimum absolute atomic E-state index is 0.0907. The van der Waals surface area contributed by atoms with Gasteiger partial charge in [0.2, 0.25) is 5.69 Å². The minimum atomic E-state index is -0.0907. The van der Waals surface area contributed by atoms with Crippen LogP contribution in [-0.2, 0) is 13.0 Å². The van der Waals surface area contributed by atoms with Crippen LogP contribution in [0, 0.1) is 6.57 Å². The highest BCUT2D eigenvalue weighted by atomic mass is 35.5. The summed E-state index contributed by atoms with van der Waals surface area (Å²) in [6.45, 7) is 7.49. The molecule has 1 amide bonds. The molecule has 1 aliphatic heterocycles. The predicted octanol–water partition coefficient (Wildman–Crippen LogP) is 4.61. The zero-order valence-corrected chi connectivity index (χ0v) is 17.2. The van der Waals surface area contributed by atoms with Gasteiger partial charge in [-0.1, -0.05) is 29.8 Å². The summed E-state index contributed by atoms with van der Waals surface area (Å²) in [5.74, 6) is 0.411. The topological polar surface area (TPSA) is 71.7 Å². The average molecular weight is 420 g/mol. The zero-order valence-electron chi connectivity index (χ0n) is 16.4. The molecule has 1 aromatic carbocycles. The van der Waals surface area contributed by atoms with Crippen molar-refractivity contribution in [3.63, 3.8) is 0 Å². The monoisotopic (exact) mass is 419 g/mol. The van der Waals surface area contributed by atoms with Crippen LogP contribution in [0.1, 0.15) is 27.4 Å². The number of carbonyl (C=O) groups excluding carboxylic acids is 1. The fourth-order valence-electron chi connectivity index (χ4n) is 3.42. The van der Waals surface area contributed by atoms with Gasteiger partial charge in [0, 0.05) is 31.1 Å². The smallest absolute Gasteiger partial charge is 0.257 e. The normalized spacial score (nSPS) is 12.5. The van der Waals surface area contributed by atoms with E-state index in [9.17, 15) is 4.79 Å². The van der Waals surface area contributed by atoms with Crippen LogP contribution >= 0.6 is 11.6 Å². The third-order valence-corrected chi connectivity index (χ3v) is 5.13. The second-order valence-corrected chi connectivity index (χ2v) is 7.29. The molecule has 4 rings (SSSR count). The summed E-state index contributed by atoms with van der Waals surface area (Å²) < 4.78 is 5.42. The molecule has 30 heavy (non-hydrogen) atoms. The first-order valence-corrected chi connectivity index (χ1v) is 9.58. The Balaban J connectivity index is 1.74. The summed E-state index contributed by atoms with van der Waals surface area (Å²) in [5, 5.41) is 3.78. The van der Waals surface area contributed by atoms with Crippen molar-refractivity contribution in [1.29, 1.82) is 0 Å². The number of halogens is 1. The number of pyridine rings is 2. The largest absolute Gasteiger partial charge is 0.493 e. The van der Waals surface area contributed by atoms with Crippen molar-refractivity contribution in [1.82, 2.24) is 14.9 Å². The maximum atomic E-state index is 12.7. The maximum absolute atomic E-state index is 12.7. The molecule has 0 fully saturated rings. The van der Waals surface area contributed by atoms with Crippen molar-refractivity contribution in [2.75, 3.05) is 19.5 Å². The van der Waals surface area contributed by atoms with E-state index in [1.165, 1.54) is 0 Å². The lowest BCUT2D eigenvalue weighted by Crippen LogP contribution is -2.18. The molecule has 1 N–H and O–H groups in total. The van der Waals surface area contributed by atoms with Crippen molar-refractivity contribution in [2.45, 2.75) is 13.0 Å². The maximum Gasteiger partial charge on any atom is 0.257 e. The van der Waals surface area contributed by atoms with Gasteiger partial charge in [-0.3, -0.25) is 14.8 Å². The molecule has 0 bridgehead atoms. The Bertz CT molecular complexity index is 1170. The van der Waals surface area contributed by atoms with E-state index < -0.39 is 0 Å². The van der Waals surface area contributed by atoms with Crippen LogP contribution in [-0.4, -0.2) is 34.9 Å². The molecule has 1 aliphatic rings. The van der Waals surface area contributed by atoms with Crippen molar-refractivity contribution in [2.24, 2.45) is 0 Å². The second kappa shape index (κ2) is 8.01. The SMILES string of the molecule is [C-]#[N+]c1ccc(Cc2cc(Nc3cccc(Cl)c3OC)c3c(n2)CN(C)C3=O)nc1. The summed E-state index contributed by atoms with van der Waals surface area (Å²) in [5.41, 5.74) is 4.60. The number of fused-ring (bicyclic) bond motifs is 1. The molecule has 7 nitrogen and oxygen atoms in total. The number of para-hydroxylation sites is 1. The molecule has 0 atom stereocenters. The number of ether oxygens (including phenoxy) is 1. The van der Waals surface area contributed by atoms with Crippen LogP contribution in [0.2, 0.25) is 5.02 Å². The molecule has 150 valence electrons. The Hall–Kier alpha value is -3.63. The van der Waals surface area contributed by atoms with Crippen LogP contribution < -0.4 is 10.1 Å². The summed E-state index contributed by atoms with van der Waals surface area (Å²) in [4.78, 5) is 26.7. The van der Waals surface area contributed by atoms with E-state index in [1.807, 2.05) is 24.3 Å². The molecule has 3 aromatic rings. The highest BCUT2D eigenvalue weighted by Gasteiger charge is 2.30. The number of nitrogens with zero attached hydrogens (tertiary/aromatic N) is 4. The highest BCUT2D eigenvalue weighted by Crippen LogP contribution is 2.37. The van der Waals surface area contributed by atoms with Crippen LogP contribution in [0.5, 0.6) is 5.75 Å². The van der Waals surface area contributed by atoms with Crippen LogP contribution in [0.4, 0.5) is 17.1 Å². The van der Waals surface area contributed by atoms with Gasteiger partial charge in [0.25, 0.3) is 5.91 Å². The van der Waals surface area contributed by atoms with Gasteiger partial charge in [-0.15, -0.1) is 0 Å². The Labute approximate surface area is 179 Å². The molecular weight excluding hydrogens is 402 g/mol. The number of methoxy groups -OCH3 is 1. The molecule has 2 aromatic heterocycles. The first kappa shape index (κ1) is 19.7. The van der Waals surface area contributed by atoms with Crippen molar-refractivity contribution >= 4 is 34.6 Å². The number of nitrogens with one attached hydrogen (secondary N) is 1. The zero-order chi connectivity index (χ0) is 21.3. The summed E-state index contributed by atoms with van der Waals surface area (Å²) >= 11 is 6.25. The molecule has 0 radical (unpaired) electrons. The van der Waals surface area contributed by atoms with Crippen molar-refractivity contribution in [3.05, 3.63) is 81.7 Å². The van der Waals surface area contributed by atoms with Crippen molar-refractivity contribution < 1.29 is 9.53 Å². The Morgan fingerprint density at radius 2 is 2.10 bits per heavy atom. The summed E-state index contributed by atoms with van der Waals surface area (Å²) in [7, 11) is 3.30. The van der Waals surface area contributed by atoms with Crippen LogP contribution in [0.15, 0.2) is 42.6 Å².